The summed E-state index contributed by atoms with van der Waals surface area (Å²) in [5, 5.41) is 4.33. The third-order valence-electron chi connectivity index (χ3n) is 2.70. The van der Waals surface area contributed by atoms with E-state index >= 15 is 0 Å². The highest BCUT2D eigenvalue weighted by atomic mass is 16.5. The van der Waals surface area contributed by atoms with E-state index in [1.165, 1.54) is 0 Å². The summed E-state index contributed by atoms with van der Waals surface area (Å²) < 4.78 is 7.15. The highest BCUT2D eigenvalue weighted by molar-refractivity contribution is 5.35. The topological polar surface area (TPSA) is 53.1 Å². The molecule has 0 aliphatic carbocycles. The number of hydrogen-bond donors (Lipinski definition) is 1. The van der Waals surface area contributed by atoms with Gasteiger partial charge in [-0.1, -0.05) is 18.2 Å². The van der Waals surface area contributed by atoms with E-state index in [0.29, 0.717) is 6.54 Å². The Morgan fingerprint density at radius 2 is 2.12 bits per heavy atom. The van der Waals surface area contributed by atoms with Crippen molar-refractivity contribution in [1.82, 2.24) is 9.78 Å². The van der Waals surface area contributed by atoms with Gasteiger partial charge >= 0.3 is 0 Å². The van der Waals surface area contributed by atoms with Crippen molar-refractivity contribution in [2.75, 3.05) is 7.11 Å². The molecule has 0 saturated carbocycles. The lowest BCUT2D eigenvalue weighted by Gasteiger charge is -2.15. The smallest absolute Gasteiger partial charge is 0.123 e. The average Bonchev–Trinajstić information content (AvgIpc) is 2.74. The summed E-state index contributed by atoms with van der Waals surface area (Å²) in [4.78, 5) is 0. The Kier molecular flexibility index (Phi) is 3.44. The van der Waals surface area contributed by atoms with Crippen LogP contribution < -0.4 is 10.5 Å². The SMILES string of the molecule is COc1ccccc1C(N)Cn1ccc(C)n1. The van der Waals surface area contributed by atoms with Gasteiger partial charge in [-0.2, -0.15) is 5.10 Å². The Balaban J connectivity index is 2.16. The van der Waals surface area contributed by atoms with Gasteiger partial charge in [0.1, 0.15) is 5.75 Å². The molecular weight excluding hydrogens is 214 g/mol. The minimum atomic E-state index is -0.120. The van der Waals surface area contributed by atoms with Crippen LogP contribution in [0, 0.1) is 6.92 Å². The second-order valence-electron chi connectivity index (χ2n) is 4.03. The largest absolute Gasteiger partial charge is 0.496 e. The number of methoxy groups -OCH3 is 1. The van der Waals surface area contributed by atoms with Crippen molar-refractivity contribution in [1.29, 1.82) is 0 Å². The predicted octanol–water partition coefficient (Wildman–Crippen LogP) is 1.90. The van der Waals surface area contributed by atoms with E-state index in [4.69, 9.17) is 10.5 Å². The zero-order chi connectivity index (χ0) is 12.3. The lowest BCUT2D eigenvalue weighted by molar-refractivity contribution is 0.400. The van der Waals surface area contributed by atoms with Crippen molar-refractivity contribution in [2.45, 2.75) is 19.5 Å². The van der Waals surface area contributed by atoms with E-state index in [-0.39, 0.29) is 6.04 Å². The van der Waals surface area contributed by atoms with Gasteiger partial charge < -0.3 is 10.5 Å². The minimum Gasteiger partial charge on any atom is -0.496 e. The average molecular weight is 231 g/mol. The van der Waals surface area contributed by atoms with Crippen LogP contribution in [0.2, 0.25) is 0 Å². The van der Waals surface area contributed by atoms with Gasteiger partial charge in [-0.25, -0.2) is 0 Å². The van der Waals surface area contributed by atoms with Gasteiger partial charge in [0.05, 0.1) is 25.4 Å². The molecule has 4 heteroatoms. The summed E-state index contributed by atoms with van der Waals surface area (Å²) in [6.07, 6.45) is 1.94. The first kappa shape index (κ1) is 11.7. The molecule has 0 radical (unpaired) electrons. The Morgan fingerprint density at radius 3 is 2.76 bits per heavy atom. The first-order valence-corrected chi connectivity index (χ1v) is 5.59. The molecule has 1 aromatic heterocycles. The minimum absolute atomic E-state index is 0.120. The summed E-state index contributed by atoms with van der Waals surface area (Å²) in [7, 11) is 1.66. The van der Waals surface area contributed by atoms with Crippen LogP contribution in [0.25, 0.3) is 0 Å². The molecule has 0 aliphatic heterocycles. The van der Waals surface area contributed by atoms with E-state index in [9.17, 15) is 0 Å². The van der Waals surface area contributed by atoms with E-state index < -0.39 is 0 Å². The molecule has 0 spiro atoms. The summed E-state index contributed by atoms with van der Waals surface area (Å²) in [5.74, 6) is 0.823. The number of aryl methyl sites for hydroxylation is 1. The highest BCUT2D eigenvalue weighted by Crippen LogP contribution is 2.23. The zero-order valence-corrected chi connectivity index (χ0v) is 10.1. The zero-order valence-electron chi connectivity index (χ0n) is 10.1. The predicted molar refractivity (Wildman–Crippen MR) is 66.9 cm³/mol. The van der Waals surface area contributed by atoms with Crippen LogP contribution in [-0.4, -0.2) is 16.9 Å². The molecule has 0 amide bonds. The maximum absolute atomic E-state index is 6.17. The Hall–Kier alpha value is -1.81. The van der Waals surface area contributed by atoms with E-state index in [2.05, 4.69) is 5.10 Å². The second kappa shape index (κ2) is 5.01. The molecule has 1 unspecified atom stereocenters. The summed E-state index contributed by atoms with van der Waals surface area (Å²) in [6.45, 7) is 2.61. The van der Waals surface area contributed by atoms with Crippen molar-refractivity contribution < 1.29 is 4.74 Å². The van der Waals surface area contributed by atoms with Gasteiger partial charge in [0, 0.05) is 11.8 Å². The third kappa shape index (κ3) is 2.65. The Bertz CT molecular complexity index is 493. The van der Waals surface area contributed by atoms with E-state index in [1.807, 2.05) is 48.1 Å². The molecule has 0 saturated heterocycles. The van der Waals surface area contributed by atoms with Gasteiger partial charge in [0.2, 0.25) is 0 Å². The van der Waals surface area contributed by atoms with Gasteiger partial charge in [-0.3, -0.25) is 4.68 Å². The van der Waals surface area contributed by atoms with Crippen molar-refractivity contribution in [3.05, 3.63) is 47.8 Å². The van der Waals surface area contributed by atoms with Crippen molar-refractivity contribution in [3.63, 3.8) is 0 Å². The number of benzene rings is 1. The van der Waals surface area contributed by atoms with Crippen LogP contribution in [0.1, 0.15) is 17.3 Å². The van der Waals surface area contributed by atoms with Gasteiger partial charge in [0.25, 0.3) is 0 Å². The van der Waals surface area contributed by atoms with Crippen LogP contribution in [-0.2, 0) is 6.54 Å². The van der Waals surface area contributed by atoms with Crippen molar-refractivity contribution in [2.24, 2.45) is 5.73 Å². The second-order valence-corrected chi connectivity index (χ2v) is 4.03. The summed E-state index contributed by atoms with van der Waals surface area (Å²) in [5.41, 5.74) is 8.17. The lowest BCUT2D eigenvalue weighted by atomic mass is 10.1. The molecule has 1 aromatic carbocycles. The monoisotopic (exact) mass is 231 g/mol. The maximum atomic E-state index is 6.17. The van der Waals surface area contributed by atoms with Crippen LogP contribution in [0.4, 0.5) is 0 Å². The third-order valence-corrected chi connectivity index (χ3v) is 2.70. The number of aromatic nitrogens is 2. The molecule has 17 heavy (non-hydrogen) atoms. The number of nitrogens with zero attached hydrogens (tertiary/aromatic N) is 2. The molecule has 2 aromatic rings. The molecule has 0 fully saturated rings. The number of ether oxygens (including phenoxy) is 1. The molecular formula is C13H17N3O. The number of nitrogens with two attached hydrogens (primary N) is 1. The molecule has 2 N–H and O–H groups in total. The quantitative estimate of drug-likeness (QED) is 0.874. The van der Waals surface area contributed by atoms with Crippen LogP contribution in [0.15, 0.2) is 36.5 Å². The fourth-order valence-corrected chi connectivity index (χ4v) is 1.84. The Morgan fingerprint density at radius 1 is 1.35 bits per heavy atom. The molecule has 4 nitrogen and oxygen atoms in total. The van der Waals surface area contributed by atoms with Crippen LogP contribution in [0.5, 0.6) is 5.75 Å². The van der Waals surface area contributed by atoms with E-state index in [0.717, 1.165) is 17.0 Å². The standard InChI is InChI=1S/C13H17N3O/c1-10-7-8-16(15-10)9-12(14)11-5-3-4-6-13(11)17-2/h3-8,12H,9,14H2,1-2H3. The van der Waals surface area contributed by atoms with Crippen LogP contribution in [0.3, 0.4) is 0 Å². The first-order chi connectivity index (χ1) is 8.20. The fraction of sp³-hybridized carbons (Fsp3) is 0.308. The van der Waals surface area contributed by atoms with Gasteiger partial charge in [-0.15, -0.1) is 0 Å². The molecule has 0 aliphatic rings. The number of rotatable bonds is 4. The molecule has 90 valence electrons. The molecule has 2 rings (SSSR count). The number of hydrogen-bond acceptors (Lipinski definition) is 3. The molecule has 0 bridgehead atoms. The summed E-state index contributed by atoms with van der Waals surface area (Å²) in [6, 6.07) is 9.66. The lowest BCUT2D eigenvalue weighted by Crippen LogP contribution is -2.18. The van der Waals surface area contributed by atoms with Crippen molar-refractivity contribution in [3.8, 4) is 5.75 Å². The fourth-order valence-electron chi connectivity index (χ4n) is 1.84. The van der Waals surface area contributed by atoms with Crippen LogP contribution >= 0.6 is 0 Å². The van der Waals surface area contributed by atoms with Gasteiger partial charge in [-0.05, 0) is 19.1 Å². The summed E-state index contributed by atoms with van der Waals surface area (Å²) >= 11 is 0. The highest BCUT2D eigenvalue weighted by Gasteiger charge is 2.12. The van der Waals surface area contributed by atoms with Gasteiger partial charge in [0.15, 0.2) is 0 Å². The van der Waals surface area contributed by atoms with Crippen molar-refractivity contribution >= 4 is 0 Å². The number of para-hydroxylation sites is 1. The maximum Gasteiger partial charge on any atom is 0.123 e. The molecule has 1 heterocycles. The Labute approximate surface area is 101 Å². The normalized spacial score (nSPS) is 12.4. The molecule has 1 atom stereocenters. The van der Waals surface area contributed by atoms with E-state index in [1.54, 1.807) is 7.11 Å². The first-order valence-electron chi connectivity index (χ1n) is 5.59.